The van der Waals surface area contributed by atoms with Crippen LogP contribution in [0.25, 0.3) is 94.1 Å². The topological polar surface area (TPSA) is 30.7 Å². The van der Waals surface area contributed by atoms with Crippen LogP contribution in [0.3, 0.4) is 0 Å². The summed E-state index contributed by atoms with van der Waals surface area (Å²) in [5, 5.41) is 5.96. The van der Waals surface area contributed by atoms with E-state index in [2.05, 4.69) is 187 Å². The van der Waals surface area contributed by atoms with Crippen molar-refractivity contribution < 1.29 is 0 Å². The third-order valence-electron chi connectivity index (χ3n) is 9.96. The van der Waals surface area contributed by atoms with Gasteiger partial charge in [0, 0.05) is 43.9 Å². The van der Waals surface area contributed by atoms with Gasteiger partial charge in [0.15, 0.2) is 0 Å². The molecule has 0 radical (unpaired) electrons. The molecule has 7 aromatic carbocycles. The third-order valence-corrected chi connectivity index (χ3v) is 9.96. The van der Waals surface area contributed by atoms with Gasteiger partial charge in [-0.3, -0.25) is 0 Å². The van der Waals surface area contributed by atoms with Crippen LogP contribution in [0.4, 0.5) is 0 Å². The van der Waals surface area contributed by atoms with E-state index in [-0.39, 0.29) is 0 Å². The van der Waals surface area contributed by atoms with Gasteiger partial charge in [0.05, 0.1) is 33.6 Å². The maximum Gasteiger partial charge on any atom is 0.0788 e. The maximum absolute atomic E-state index is 5.32. The third kappa shape index (κ3) is 4.98. The van der Waals surface area contributed by atoms with Crippen LogP contribution >= 0.6 is 0 Å². The second-order valence-electron chi connectivity index (χ2n) is 13.0. The van der Waals surface area contributed by atoms with Crippen molar-refractivity contribution in [3.63, 3.8) is 0 Å². The highest BCUT2D eigenvalue weighted by atomic mass is 15.0. The van der Waals surface area contributed by atoms with Gasteiger partial charge in [-0.15, -0.1) is 0 Å². The molecule has 0 saturated heterocycles. The minimum Gasteiger partial charge on any atom is -0.309 e. The van der Waals surface area contributed by atoms with Crippen molar-refractivity contribution in [1.82, 2.24) is 14.5 Å². The second kappa shape index (κ2) is 11.9. The number of fused-ring (bicyclic) bond motifs is 6. The standard InChI is InChI=1S/C48H31N3/c1-4-14-32(15-5-1)36-28-44(33-16-6-2-7-17-33)49-45(29-36)34-24-26-35(27-25-34)48-42-31-47-41(30-40(42)38-20-10-12-22-43(38)50-48)39-21-11-13-23-46(39)51(47)37-18-8-3-9-19-37/h1-31H. The van der Waals surface area contributed by atoms with Crippen LogP contribution in [-0.4, -0.2) is 14.5 Å². The first-order valence-electron chi connectivity index (χ1n) is 17.3. The average Bonchev–Trinajstić information content (AvgIpc) is 3.54. The molecular weight excluding hydrogens is 619 g/mol. The second-order valence-corrected chi connectivity index (χ2v) is 13.0. The highest BCUT2D eigenvalue weighted by molar-refractivity contribution is 6.20. The largest absolute Gasteiger partial charge is 0.309 e. The molecule has 0 unspecified atom stereocenters. The summed E-state index contributed by atoms with van der Waals surface area (Å²) < 4.78 is 2.38. The molecule has 51 heavy (non-hydrogen) atoms. The lowest BCUT2D eigenvalue weighted by Crippen LogP contribution is -1.95. The zero-order valence-electron chi connectivity index (χ0n) is 27.7. The summed E-state index contributed by atoms with van der Waals surface area (Å²) in [4.78, 5) is 10.5. The van der Waals surface area contributed by atoms with E-state index in [1.807, 2.05) is 6.07 Å². The summed E-state index contributed by atoms with van der Waals surface area (Å²) in [6.07, 6.45) is 0. The molecule has 0 aliphatic heterocycles. The van der Waals surface area contributed by atoms with Crippen LogP contribution < -0.4 is 0 Å². The number of hydrogen-bond acceptors (Lipinski definition) is 2. The first kappa shape index (κ1) is 29.1. The maximum atomic E-state index is 5.32. The number of benzene rings is 7. The lowest BCUT2D eigenvalue weighted by atomic mass is 9.96. The Hall–Kier alpha value is -6.84. The predicted octanol–water partition coefficient (Wildman–Crippen LogP) is 12.5. The van der Waals surface area contributed by atoms with E-state index in [0.717, 1.165) is 61.3 Å². The Morgan fingerprint density at radius 1 is 0.314 bits per heavy atom. The number of nitrogens with zero attached hydrogens (tertiary/aromatic N) is 3. The Bertz CT molecular complexity index is 2820. The van der Waals surface area contributed by atoms with Gasteiger partial charge in [0.1, 0.15) is 0 Å². The van der Waals surface area contributed by atoms with E-state index in [1.54, 1.807) is 0 Å². The van der Waals surface area contributed by atoms with E-state index in [1.165, 1.54) is 32.8 Å². The molecule has 0 N–H and O–H groups in total. The molecule has 10 aromatic rings. The highest BCUT2D eigenvalue weighted by Gasteiger charge is 2.18. The molecule has 3 heteroatoms. The van der Waals surface area contributed by atoms with Crippen molar-refractivity contribution in [2.45, 2.75) is 0 Å². The van der Waals surface area contributed by atoms with E-state index >= 15 is 0 Å². The first-order valence-corrected chi connectivity index (χ1v) is 17.3. The Morgan fingerprint density at radius 2 is 0.882 bits per heavy atom. The van der Waals surface area contributed by atoms with Gasteiger partial charge in [-0.2, -0.15) is 0 Å². The van der Waals surface area contributed by atoms with Crippen molar-refractivity contribution in [2.24, 2.45) is 0 Å². The van der Waals surface area contributed by atoms with Crippen LogP contribution in [0, 0.1) is 0 Å². The number of hydrogen-bond donors (Lipinski definition) is 0. The Balaban J connectivity index is 1.17. The van der Waals surface area contributed by atoms with Gasteiger partial charge in [-0.25, -0.2) is 9.97 Å². The molecule has 0 aliphatic rings. The van der Waals surface area contributed by atoms with Crippen LogP contribution in [-0.2, 0) is 0 Å². The normalized spacial score (nSPS) is 11.5. The van der Waals surface area contributed by atoms with Gasteiger partial charge < -0.3 is 4.57 Å². The van der Waals surface area contributed by atoms with Crippen LogP contribution in [0.2, 0.25) is 0 Å². The molecule has 0 amide bonds. The molecular formula is C48H31N3. The van der Waals surface area contributed by atoms with Crippen molar-refractivity contribution in [3.05, 3.63) is 188 Å². The lowest BCUT2D eigenvalue weighted by Gasteiger charge is -2.13. The molecule has 3 aromatic heterocycles. The number of aromatic nitrogens is 3. The summed E-state index contributed by atoms with van der Waals surface area (Å²) in [5.41, 5.74) is 12.9. The number of para-hydroxylation sites is 3. The predicted molar refractivity (Wildman–Crippen MR) is 213 cm³/mol. The zero-order valence-corrected chi connectivity index (χ0v) is 27.7. The fourth-order valence-electron chi connectivity index (χ4n) is 7.52. The van der Waals surface area contributed by atoms with Crippen LogP contribution in [0.1, 0.15) is 0 Å². The van der Waals surface area contributed by atoms with Gasteiger partial charge in [-0.1, -0.05) is 140 Å². The Kier molecular flexibility index (Phi) is 6.81. The van der Waals surface area contributed by atoms with Gasteiger partial charge >= 0.3 is 0 Å². The van der Waals surface area contributed by atoms with Crippen molar-refractivity contribution in [3.8, 4) is 50.6 Å². The number of pyridine rings is 2. The average molecular weight is 650 g/mol. The zero-order chi connectivity index (χ0) is 33.7. The highest BCUT2D eigenvalue weighted by Crippen LogP contribution is 2.40. The van der Waals surface area contributed by atoms with Crippen molar-refractivity contribution >= 4 is 43.5 Å². The van der Waals surface area contributed by atoms with E-state index in [4.69, 9.17) is 9.97 Å². The molecule has 0 aliphatic carbocycles. The van der Waals surface area contributed by atoms with Crippen molar-refractivity contribution in [1.29, 1.82) is 0 Å². The number of rotatable bonds is 5. The van der Waals surface area contributed by atoms with Crippen LogP contribution in [0.15, 0.2) is 188 Å². The summed E-state index contributed by atoms with van der Waals surface area (Å²) >= 11 is 0. The van der Waals surface area contributed by atoms with E-state index in [0.29, 0.717) is 0 Å². The Morgan fingerprint density at radius 3 is 1.61 bits per heavy atom. The molecule has 0 saturated carbocycles. The fourth-order valence-corrected chi connectivity index (χ4v) is 7.52. The summed E-state index contributed by atoms with van der Waals surface area (Å²) in [5.74, 6) is 0. The van der Waals surface area contributed by atoms with E-state index < -0.39 is 0 Å². The molecule has 238 valence electrons. The molecule has 3 heterocycles. The van der Waals surface area contributed by atoms with Crippen LogP contribution in [0.5, 0.6) is 0 Å². The van der Waals surface area contributed by atoms with Crippen molar-refractivity contribution in [2.75, 3.05) is 0 Å². The summed E-state index contributed by atoms with van der Waals surface area (Å²) in [6, 6.07) is 66.6. The minimum absolute atomic E-state index is 0.937. The van der Waals surface area contributed by atoms with E-state index in [9.17, 15) is 0 Å². The lowest BCUT2D eigenvalue weighted by molar-refractivity contribution is 1.18. The molecule has 0 atom stereocenters. The molecule has 0 spiro atoms. The minimum atomic E-state index is 0.937. The monoisotopic (exact) mass is 649 g/mol. The van der Waals surface area contributed by atoms with Gasteiger partial charge in [0.25, 0.3) is 0 Å². The summed E-state index contributed by atoms with van der Waals surface area (Å²) in [6.45, 7) is 0. The van der Waals surface area contributed by atoms with Gasteiger partial charge in [-0.05, 0) is 65.0 Å². The SMILES string of the molecule is c1ccc(-c2cc(-c3ccccc3)nc(-c3ccc(-c4nc5ccccc5c5cc6c7ccccc7n(-c7ccccc7)c6cc45)cc3)c2)cc1. The molecule has 0 bridgehead atoms. The van der Waals surface area contributed by atoms with Gasteiger partial charge in [0.2, 0.25) is 0 Å². The molecule has 0 fully saturated rings. The first-order chi connectivity index (χ1) is 25.3. The Labute approximate surface area is 295 Å². The quantitative estimate of drug-likeness (QED) is 0.174. The molecule has 10 rings (SSSR count). The molecule has 3 nitrogen and oxygen atoms in total. The smallest absolute Gasteiger partial charge is 0.0788 e. The fraction of sp³-hybridized carbons (Fsp3) is 0. The summed E-state index contributed by atoms with van der Waals surface area (Å²) in [7, 11) is 0.